The minimum Gasteiger partial charge on any atom is -0.356 e. The van der Waals surface area contributed by atoms with Crippen LogP contribution in [0.15, 0.2) is 35.6 Å². The van der Waals surface area contributed by atoms with Crippen molar-refractivity contribution in [1.82, 2.24) is 20.2 Å². The lowest BCUT2D eigenvalue weighted by Gasteiger charge is -2.23. The van der Waals surface area contributed by atoms with Crippen LogP contribution in [-0.2, 0) is 6.54 Å². The predicted molar refractivity (Wildman–Crippen MR) is 117 cm³/mol. The number of guanidine groups is 1. The van der Waals surface area contributed by atoms with Crippen molar-refractivity contribution in [3.63, 3.8) is 0 Å². The van der Waals surface area contributed by atoms with Crippen LogP contribution in [0.3, 0.4) is 0 Å². The second kappa shape index (κ2) is 10.1. The molecule has 0 radical (unpaired) electrons. The average Bonchev–Trinajstić information content (AvgIpc) is 2.97. The summed E-state index contributed by atoms with van der Waals surface area (Å²) in [7, 11) is 1.81. The number of hydrogen-bond donors (Lipinski definition) is 2. The Morgan fingerprint density at radius 3 is 2.75 bits per heavy atom. The quantitative estimate of drug-likeness (QED) is 0.288. The van der Waals surface area contributed by atoms with Crippen LogP contribution in [0.5, 0.6) is 0 Å². The number of aryl methyl sites for hydroxylation is 1. The first-order valence-corrected chi connectivity index (χ1v) is 9.18. The van der Waals surface area contributed by atoms with Gasteiger partial charge in [-0.3, -0.25) is 4.99 Å². The molecule has 7 heteroatoms. The third-order valence-corrected chi connectivity index (χ3v) is 5.10. The van der Waals surface area contributed by atoms with Gasteiger partial charge in [0.2, 0.25) is 0 Å². The zero-order valence-corrected chi connectivity index (χ0v) is 18.0. The molecule has 0 saturated carbocycles. The molecule has 0 aliphatic heterocycles. The number of fused-ring (bicyclic) bond motifs is 1. The van der Waals surface area contributed by atoms with Gasteiger partial charge in [-0.25, -0.2) is 4.98 Å². The summed E-state index contributed by atoms with van der Waals surface area (Å²) >= 11 is 1.85. The highest BCUT2D eigenvalue weighted by Gasteiger charge is 2.15. The summed E-state index contributed by atoms with van der Waals surface area (Å²) in [5.41, 5.74) is 2.24. The summed E-state index contributed by atoms with van der Waals surface area (Å²) in [6.07, 6.45) is 5.07. The maximum atomic E-state index is 4.42. The number of imidazole rings is 1. The van der Waals surface area contributed by atoms with Gasteiger partial charge < -0.3 is 15.2 Å². The first kappa shape index (κ1) is 21.1. The Bertz CT molecular complexity index is 653. The van der Waals surface area contributed by atoms with Crippen LogP contribution in [0.1, 0.15) is 20.3 Å². The molecule has 1 aromatic heterocycles. The van der Waals surface area contributed by atoms with E-state index in [4.69, 9.17) is 0 Å². The number of benzene rings is 1. The lowest BCUT2D eigenvalue weighted by Crippen LogP contribution is -2.43. The minimum atomic E-state index is 0. The van der Waals surface area contributed by atoms with E-state index in [1.54, 1.807) is 0 Å². The Hall–Kier alpha value is -0.960. The summed E-state index contributed by atoms with van der Waals surface area (Å²) in [5, 5.41) is 6.76. The van der Waals surface area contributed by atoms with E-state index >= 15 is 0 Å². The number of rotatable bonds is 7. The van der Waals surface area contributed by atoms with Crippen molar-refractivity contribution in [3.05, 3.63) is 30.6 Å². The lowest BCUT2D eigenvalue weighted by atomic mass is 10.2. The van der Waals surface area contributed by atoms with E-state index in [0.717, 1.165) is 37.5 Å². The summed E-state index contributed by atoms with van der Waals surface area (Å²) in [4.78, 5) is 8.69. The van der Waals surface area contributed by atoms with Gasteiger partial charge in [0.25, 0.3) is 0 Å². The van der Waals surface area contributed by atoms with Gasteiger partial charge >= 0.3 is 0 Å². The lowest BCUT2D eigenvalue weighted by molar-refractivity contribution is 0.626. The fourth-order valence-electron chi connectivity index (χ4n) is 2.23. The van der Waals surface area contributed by atoms with E-state index in [0.29, 0.717) is 0 Å². The molecule has 0 unspecified atom stereocenters. The number of hydrogen-bond acceptors (Lipinski definition) is 3. The normalized spacial score (nSPS) is 12.1. The molecular formula is C17H28IN5S. The number of halogens is 1. The summed E-state index contributed by atoms with van der Waals surface area (Å²) in [6.45, 7) is 7.16. The van der Waals surface area contributed by atoms with E-state index in [1.165, 1.54) is 5.52 Å². The smallest absolute Gasteiger partial charge is 0.191 e. The molecule has 0 saturated heterocycles. The van der Waals surface area contributed by atoms with Crippen LogP contribution in [0.4, 0.5) is 0 Å². The Kier molecular flexibility index (Phi) is 8.90. The fourth-order valence-corrected chi connectivity index (χ4v) is 2.45. The van der Waals surface area contributed by atoms with Gasteiger partial charge in [-0.05, 0) is 38.7 Å². The number of aromatic nitrogens is 2. The largest absolute Gasteiger partial charge is 0.356 e. The third-order valence-electron chi connectivity index (χ3n) is 3.85. The van der Waals surface area contributed by atoms with Gasteiger partial charge in [-0.15, -0.1) is 24.0 Å². The average molecular weight is 461 g/mol. The van der Waals surface area contributed by atoms with E-state index in [-0.39, 0.29) is 28.7 Å². The fraction of sp³-hybridized carbons (Fsp3) is 0.529. The van der Waals surface area contributed by atoms with Gasteiger partial charge in [0.05, 0.1) is 17.4 Å². The van der Waals surface area contributed by atoms with Crippen molar-refractivity contribution in [2.24, 2.45) is 4.99 Å². The van der Waals surface area contributed by atoms with Crippen LogP contribution >= 0.6 is 35.7 Å². The molecule has 0 aliphatic carbocycles. The number of nitrogens with zero attached hydrogens (tertiary/aromatic N) is 3. The summed E-state index contributed by atoms with van der Waals surface area (Å²) in [5.74, 6) is 0.864. The van der Waals surface area contributed by atoms with Gasteiger partial charge in [-0.1, -0.05) is 12.1 Å². The van der Waals surface area contributed by atoms with Crippen LogP contribution in [0.25, 0.3) is 11.0 Å². The van der Waals surface area contributed by atoms with Gasteiger partial charge in [0.1, 0.15) is 0 Å². The Morgan fingerprint density at radius 1 is 1.29 bits per heavy atom. The zero-order chi connectivity index (χ0) is 16.7. The molecule has 0 spiro atoms. The molecule has 0 bridgehead atoms. The van der Waals surface area contributed by atoms with Crippen LogP contribution in [0.2, 0.25) is 0 Å². The molecule has 134 valence electrons. The molecule has 0 amide bonds. The molecule has 1 heterocycles. The molecule has 0 fully saturated rings. The van der Waals surface area contributed by atoms with Crippen molar-refractivity contribution >= 4 is 52.7 Å². The molecule has 2 aromatic rings. The predicted octanol–water partition coefficient (Wildman–Crippen LogP) is 3.35. The van der Waals surface area contributed by atoms with Gasteiger partial charge in [0, 0.05) is 31.4 Å². The zero-order valence-electron chi connectivity index (χ0n) is 14.9. The van der Waals surface area contributed by atoms with Crippen molar-refractivity contribution in [2.45, 2.75) is 31.6 Å². The number of nitrogens with one attached hydrogen (secondary N) is 2. The maximum Gasteiger partial charge on any atom is 0.191 e. The Balaban J connectivity index is 0.00000288. The highest BCUT2D eigenvalue weighted by molar-refractivity contribution is 14.0. The third kappa shape index (κ3) is 6.16. The van der Waals surface area contributed by atoms with Gasteiger partial charge in [-0.2, -0.15) is 11.8 Å². The molecule has 0 atom stereocenters. The van der Waals surface area contributed by atoms with Crippen molar-refractivity contribution < 1.29 is 0 Å². The molecule has 5 nitrogen and oxygen atoms in total. The number of para-hydroxylation sites is 2. The van der Waals surface area contributed by atoms with Crippen molar-refractivity contribution in [2.75, 3.05) is 26.4 Å². The molecular weight excluding hydrogens is 433 g/mol. The van der Waals surface area contributed by atoms with Crippen molar-refractivity contribution in [1.29, 1.82) is 0 Å². The number of aliphatic imine (C=N–C) groups is 1. The molecule has 0 aliphatic rings. The number of thioether (sulfide) groups is 1. The monoisotopic (exact) mass is 461 g/mol. The highest BCUT2D eigenvalue weighted by atomic mass is 127. The molecule has 2 rings (SSSR count). The standard InChI is InChI=1S/C17H27N5S.HI/c1-17(2,23-4)12-20-16(18-3)19-10-7-11-22-13-21-14-8-5-6-9-15(14)22;/h5-6,8-9,13H,7,10-12H2,1-4H3,(H2,18,19,20);1H. The molecule has 1 aromatic carbocycles. The second-order valence-electron chi connectivity index (χ2n) is 6.10. The summed E-state index contributed by atoms with van der Waals surface area (Å²) < 4.78 is 2.40. The van der Waals surface area contributed by atoms with Crippen LogP contribution in [0, 0.1) is 0 Å². The topological polar surface area (TPSA) is 54.2 Å². The van der Waals surface area contributed by atoms with E-state index in [9.17, 15) is 0 Å². The van der Waals surface area contributed by atoms with Crippen LogP contribution < -0.4 is 10.6 Å². The van der Waals surface area contributed by atoms with Crippen molar-refractivity contribution in [3.8, 4) is 0 Å². The first-order chi connectivity index (χ1) is 11.1. The van der Waals surface area contributed by atoms with E-state index in [1.807, 2.05) is 37.3 Å². The minimum absolute atomic E-state index is 0. The molecule has 2 N–H and O–H groups in total. The Labute approximate surface area is 166 Å². The highest BCUT2D eigenvalue weighted by Crippen LogP contribution is 2.19. The first-order valence-electron chi connectivity index (χ1n) is 7.95. The second-order valence-corrected chi connectivity index (χ2v) is 7.61. The SMILES string of the molecule is CN=C(NCCCn1cnc2ccccc21)NCC(C)(C)SC.I. The Morgan fingerprint density at radius 2 is 2.04 bits per heavy atom. The van der Waals surface area contributed by atoms with E-state index < -0.39 is 0 Å². The molecule has 24 heavy (non-hydrogen) atoms. The van der Waals surface area contributed by atoms with Gasteiger partial charge in [0.15, 0.2) is 5.96 Å². The van der Waals surface area contributed by atoms with E-state index in [2.05, 4.69) is 57.4 Å². The summed E-state index contributed by atoms with van der Waals surface area (Å²) in [6, 6.07) is 8.23. The maximum absolute atomic E-state index is 4.42. The van der Waals surface area contributed by atoms with Crippen LogP contribution in [-0.4, -0.2) is 46.7 Å².